The van der Waals surface area contributed by atoms with Crippen LogP contribution < -0.4 is 4.74 Å². The Hall–Kier alpha value is -1.65. The number of ether oxygens (including phenoxy) is 1. The van der Waals surface area contributed by atoms with E-state index >= 15 is 0 Å². The van der Waals surface area contributed by atoms with Gasteiger partial charge in [-0.15, -0.1) is 0 Å². The fourth-order valence-corrected chi connectivity index (χ4v) is 0.746. The number of nitrogens with zero attached hydrogens (tertiary/aromatic N) is 2. The summed E-state index contributed by atoms with van der Waals surface area (Å²) in [5, 5.41) is 10.2. The fourth-order valence-electron chi connectivity index (χ4n) is 0.746. The summed E-state index contributed by atoms with van der Waals surface area (Å²) in [6.07, 6.45) is 2.27. The third-order valence-electron chi connectivity index (χ3n) is 1.22. The molecule has 0 atom stereocenters. The van der Waals surface area contributed by atoms with Gasteiger partial charge in [-0.25, -0.2) is 4.98 Å². The van der Waals surface area contributed by atoms with E-state index in [2.05, 4.69) is 11.2 Å². The van der Waals surface area contributed by atoms with Crippen LogP contribution >= 0.6 is 0 Å². The van der Waals surface area contributed by atoms with Crippen LogP contribution in [0.1, 0.15) is 13.8 Å². The van der Waals surface area contributed by atoms with Crippen LogP contribution in [0.3, 0.4) is 0 Å². The molecular weight excluding hydrogens is 172 g/mol. The van der Waals surface area contributed by atoms with Gasteiger partial charge >= 0.3 is 0 Å². The third kappa shape index (κ3) is 2.70. The van der Waals surface area contributed by atoms with Crippen molar-refractivity contribution >= 4 is 5.69 Å². The van der Waals surface area contributed by atoms with Crippen LogP contribution in [0, 0.1) is 16.3 Å². The SMILES string of the molecule is CC(C)Oc1ccc([N+](=O)[O-])[c]n1. The molecule has 1 radical (unpaired) electrons. The summed E-state index contributed by atoms with van der Waals surface area (Å²) in [4.78, 5) is 13.3. The Kier molecular flexibility index (Phi) is 2.79. The first-order valence-corrected chi connectivity index (χ1v) is 3.79. The monoisotopic (exact) mass is 181 g/mol. The van der Waals surface area contributed by atoms with Gasteiger partial charge in [0.1, 0.15) is 0 Å². The van der Waals surface area contributed by atoms with E-state index < -0.39 is 4.92 Å². The zero-order valence-corrected chi connectivity index (χ0v) is 7.35. The minimum atomic E-state index is -0.549. The molecule has 0 aliphatic carbocycles. The van der Waals surface area contributed by atoms with Crippen LogP contribution in [0.4, 0.5) is 5.69 Å². The number of hydrogen-bond donors (Lipinski definition) is 0. The second kappa shape index (κ2) is 3.84. The Morgan fingerprint density at radius 1 is 1.62 bits per heavy atom. The Labute approximate surface area is 75.5 Å². The maximum atomic E-state index is 10.2. The van der Waals surface area contributed by atoms with E-state index in [4.69, 9.17) is 4.74 Å². The molecule has 0 aliphatic heterocycles. The van der Waals surface area contributed by atoms with Gasteiger partial charge in [-0.05, 0) is 13.8 Å². The number of rotatable bonds is 3. The van der Waals surface area contributed by atoms with Gasteiger partial charge in [-0.2, -0.15) is 0 Å². The molecule has 5 nitrogen and oxygen atoms in total. The van der Waals surface area contributed by atoms with E-state index in [1.165, 1.54) is 12.1 Å². The highest BCUT2D eigenvalue weighted by atomic mass is 16.6. The van der Waals surface area contributed by atoms with Crippen molar-refractivity contribution in [1.29, 1.82) is 0 Å². The molecule has 69 valence electrons. The summed E-state index contributed by atoms with van der Waals surface area (Å²) in [7, 11) is 0. The quantitative estimate of drug-likeness (QED) is 0.524. The van der Waals surface area contributed by atoms with Crippen molar-refractivity contribution in [3.05, 3.63) is 28.4 Å². The van der Waals surface area contributed by atoms with E-state index in [-0.39, 0.29) is 11.8 Å². The molecule has 0 saturated heterocycles. The third-order valence-corrected chi connectivity index (χ3v) is 1.22. The average Bonchev–Trinajstić information content (AvgIpc) is 2.04. The van der Waals surface area contributed by atoms with E-state index in [0.717, 1.165) is 0 Å². The summed E-state index contributed by atoms with van der Waals surface area (Å²) in [5.41, 5.74) is -0.156. The standard InChI is InChI=1S/C8H9N2O3/c1-6(2)13-8-4-3-7(5-9-8)10(11)12/h3-4,6H,1-2H3. The Morgan fingerprint density at radius 2 is 2.31 bits per heavy atom. The molecule has 1 rings (SSSR count). The first-order chi connectivity index (χ1) is 6.09. The van der Waals surface area contributed by atoms with Gasteiger partial charge in [0.15, 0.2) is 6.20 Å². The average molecular weight is 181 g/mol. The number of pyridine rings is 1. The molecule has 5 heteroatoms. The maximum Gasteiger partial charge on any atom is 0.297 e. The molecule has 0 unspecified atom stereocenters. The maximum absolute atomic E-state index is 10.2. The van der Waals surface area contributed by atoms with Gasteiger partial charge in [0.25, 0.3) is 5.69 Å². The van der Waals surface area contributed by atoms with Crippen LogP contribution in [-0.2, 0) is 0 Å². The van der Waals surface area contributed by atoms with Crippen molar-refractivity contribution < 1.29 is 9.66 Å². The van der Waals surface area contributed by atoms with Crippen molar-refractivity contribution in [1.82, 2.24) is 4.98 Å². The summed E-state index contributed by atoms with van der Waals surface area (Å²) in [5.74, 6) is 0.348. The molecule has 1 aromatic heterocycles. The largest absolute Gasteiger partial charge is 0.475 e. The molecule has 0 aliphatic rings. The summed E-state index contributed by atoms with van der Waals surface area (Å²) >= 11 is 0. The van der Waals surface area contributed by atoms with Gasteiger partial charge in [-0.1, -0.05) is 0 Å². The number of hydrogen-bond acceptors (Lipinski definition) is 4. The first-order valence-electron chi connectivity index (χ1n) is 3.79. The van der Waals surface area contributed by atoms with Gasteiger partial charge in [0.05, 0.1) is 11.0 Å². The lowest BCUT2D eigenvalue weighted by Crippen LogP contribution is -2.06. The number of nitro groups is 1. The van der Waals surface area contributed by atoms with Crippen LogP contribution in [-0.4, -0.2) is 16.0 Å². The van der Waals surface area contributed by atoms with Crippen molar-refractivity contribution in [2.45, 2.75) is 20.0 Å². The van der Waals surface area contributed by atoms with Gasteiger partial charge in [-0.3, -0.25) is 10.1 Å². The van der Waals surface area contributed by atoms with Crippen LogP contribution in [0.15, 0.2) is 12.1 Å². The minimum absolute atomic E-state index is 0.00218. The lowest BCUT2D eigenvalue weighted by Gasteiger charge is -2.06. The van der Waals surface area contributed by atoms with Crippen molar-refractivity contribution in [2.75, 3.05) is 0 Å². The summed E-state index contributed by atoms with van der Waals surface area (Å²) < 4.78 is 5.18. The topological polar surface area (TPSA) is 65.3 Å². The molecule has 0 spiro atoms. The van der Waals surface area contributed by atoms with Crippen molar-refractivity contribution in [3.8, 4) is 5.88 Å². The zero-order chi connectivity index (χ0) is 9.84. The van der Waals surface area contributed by atoms with E-state index in [9.17, 15) is 10.1 Å². The first kappa shape index (κ1) is 9.44. The lowest BCUT2D eigenvalue weighted by atomic mass is 10.4. The predicted molar refractivity (Wildman–Crippen MR) is 45.5 cm³/mol. The van der Waals surface area contributed by atoms with E-state index in [1.807, 2.05) is 13.8 Å². The summed E-state index contributed by atoms with van der Waals surface area (Å²) in [6, 6.07) is 2.76. The molecule has 0 N–H and O–H groups in total. The normalized spacial score (nSPS) is 10.1. The predicted octanol–water partition coefficient (Wildman–Crippen LogP) is 1.58. The molecule has 13 heavy (non-hydrogen) atoms. The Bertz CT molecular complexity index is 295. The Morgan fingerprint density at radius 3 is 2.69 bits per heavy atom. The highest BCUT2D eigenvalue weighted by Gasteiger charge is 2.07. The second-order valence-corrected chi connectivity index (χ2v) is 2.70. The minimum Gasteiger partial charge on any atom is -0.475 e. The van der Waals surface area contributed by atoms with Gasteiger partial charge in [0.2, 0.25) is 5.88 Å². The molecule has 0 bridgehead atoms. The van der Waals surface area contributed by atoms with E-state index in [0.29, 0.717) is 5.88 Å². The molecule has 1 heterocycles. The number of aromatic nitrogens is 1. The molecule has 1 aromatic rings. The highest BCUT2D eigenvalue weighted by Crippen LogP contribution is 2.13. The van der Waals surface area contributed by atoms with Crippen LogP contribution in [0.2, 0.25) is 0 Å². The van der Waals surface area contributed by atoms with Crippen LogP contribution in [0.5, 0.6) is 5.88 Å². The van der Waals surface area contributed by atoms with Gasteiger partial charge < -0.3 is 4.74 Å². The zero-order valence-electron chi connectivity index (χ0n) is 7.35. The van der Waals surface area contributed by atoms with Crippen molar-refractivity contribution in [3.63, 3.8) is 0 Å². The molecular formula is C8H9N2O3. The van der Waals surface area contributed by atoms with Crippen LogP contribution in [0.25, 0.3) is 0 Å². The summed E-state index contributed by atoms with van der Waals surface area (Å²) in [6.45, 7) is 3.70. The Balaban J connectivity index is 2.75. The highest BCUT2D eigenvalue weighted by molar-refractivity contribution is 5.27. The van der Waals surface area contributed by atoms with Crippen molar-refractivity contribution in [2.24, 2.45) is 0 Å². The molecule has 0 amide bonds. The molecule has 0 fully saturated rings. The second-order valence-electron chi connectivity index (χ2n) is 2.70. The molecule has 0 aromatic carbocycles. The molecule has 0 saturated carbocycles. The van der Waals surface area contributed by atoms with Gasteiger partial charge in [0, 0.05) is 12.1 Å². The lowest BCUT2D eigenvalue weighted by molar-refractivity contribution is -0.385. The fraction of sp³-hybridized carbons (Fsp3) is 0.375. The van der Waals surface area contributed by atoms with E-state index in [1.54, 1.807) is 0 Å². The smallest absolute Gasteiger partial charge is 0.297 e.